The Kier molecular flexibility index (Phi) is 3.95. The molecule has 0 unspecified atom stereocenters. The van der Waals surface area contributed by atoms with Crippen LogP contribution in [0.15, 0.2) is 42.5 Å². The monoisotopic (exact) mass is 294 g/mol. The van der Waals surface area contributed by atoms with Crippen molar-refractivity contribution in [3.05, 3.63) is 69.0 Å². The number of carbonyl (C=O) groups excluding carboxylic acids is 1. The number of hydrogen-bond acceptors (Lipinski definition) is 3. The molecule has 5 nitrogen and oxygen atoms in total. The molecule has 2 aromatic rings. The number of nitrogens with zero attached hydrogens (tertiary/aromatic N) is 1. The van der Waals surface area contributed by atoms with E-state index in [0.717, 1.165) is 6.07 Å². The molecule has 0 aromatic heterocycles. The fourth-order valence-electron chi connectivity index (χ4n) is 1.60. The van der Waals surface area contributed by atoms with Gasteiger partial charge in [0.2, 0.25) is 0 Å². The van der Waals surface area contributed by atoms with Gasteiger partial charge in [-0.15, -0.1) is 0 Å². The first-order valence-electron chi connectivity index (χ1n) is 5.49. The van der Waals surface area contributed by atoms with E-state index in [4.69, 9.17) is 11.6 Å². The Hall–Kier alpha value is -2.47. The third kappa shape index (κ3) is 2.92. The lowest BCUT2D eigenvalue weighted by atomic mass is 10.2. The lowest BCUT2D eigenvalue weighted by Crippen LogP contribution is -2.13. The number of anilines is 1. The van der Waals surface area contributed by atoms with E-state index in [1.807, 2.05) is 0 Å². The standard InChI is InChI=1S/C13H8ClFN2O3/c14-12-10(5-2-6-11(12)17(19)20)13(18)16-9-4-1-3-8(15)7-9/h1-7H,(H,16,18). The van der Waals surface area contributed by atoms with E-state index in [1.165, 1.54) is 36.4 Å². The van der Waals surface area contributed by atoms with Crippen molar-refractivity contribution in [3.8, 4) is 0 Å². The minimum Gasteiger partial charge on any atom is -0.322 e. The van der Waals surface area contributed by atoms with E-state index in [2.05, 4.69) is 5.32 Å². The topological polar surface area (TPSA) is 72.2 Å². The van der Waals surface area contributed by atoms with E-state index in [9.17, 15) is 19.3 Å². The summed E-state index contributed by atoms with van der Waals surface area (Å²) in [4.78, 5) is 22.0. The molecule has 7 heteroatoms. The minimum absolute atomic E-state index is 0.0508. The van der Waals surface area contributed by atoms with Crippen LogP contribution in [-0.4, -0.2) is 10.8 Å². The molecule has 0 aliphatic rings. The number of amides is 1. The molecule has 0 aliphatic heterocycles. The zero-order chi connectivity index (χ0) is 14.7. The normalized spacial score (nSPS) is 10.1. The first kappa shape index (κ1) is 14.0. The fourth-order valence-corrected chi connectivity index (χ4v) is 1.88. The summed E-state index contributed by atoms with van der Waals surface area (Å²) in [6.45, 7) is 0. The molecular weight excluding hydrogens is 287 g/mol. The molecule has 1 amide bonds. The molecule has 0 atom stereocenters. The summed E-state index contributed by atoms with van der Waals surface area (Å²) in [5.41, 5.74) is -0.179. The average Bonchev–Trinajstić information content (AvgIpc) is 2.38. The van der Waals surface area contributed by atoms with Crippen LogP contribution in [0.4, 0.5) is 15.8 Å². The van der Waals surface area contributed by atoms with E-state index in [0.29, 0.717) is 0 Å². The van der Waals surface area contributed by atoms with Crippen molar-refractivity contribution >= 4 is 28.9 Å². The van der Waals surface area contributed by atoms with E-state index in [1.54, 1.807) is 0 Å². The molecule has 1 N–H and O–H groups in total. The van der Waals surface area contributed by atoms with Crippen LogP contribution in [0.25, 0.3) is 0 Å². The summed E-state index contributed by atoms with van der Waals surface area (Å²) in [6, 6.07) is 9.18. The third-order valence-electron chi connectivity index (χ3n) is 2.50. The minimum atomic E-state index is -0.679. The Morgan fingerprint density at radius 3 is 2.60 bits per heavy atom. The molecule has 0 spiro atoms. The zero-order valence-corrected chi connectivity index (χ0v) is 10.7. The lowest BCUT2D eigenvalue weighted by molar-refractivity contribution is -0.384. The van der Waals surface area contributed by atoms with Crippen molar-refractivity contribution in [1.29, 1.82) is 0 Å². The summed E-state index contributed by atoms with van der Waals surface area (Å²) < 4.78 is 13.0. The van der Waals surface area contributed by atoms with Gasteiger partial charge in [0.25, 0.3) is 11.6 Å². The highest BCUT2D eigenvalue weighted by atomic mass is 35.5. The van der Waals surface area contributed by atoms with Gasteiger partial charge in [0.05, 0.1) is 10.5 Å². The molecular formula is C13H8ClFN2O3. The third-order valence-corrected chi connectivity index (χ3v) is 2.90. The predicted molar refractivity (Wildman–Crippen MR) is 72.5 cm³/mol. The fraction of sp³-hybridized carbons (Fsp3) is 0. The molecule has 0 radical (unpaired) electrons. The van der Waals surface area contributed by atoms with Crippen molar-refractivity contribution in [1.82, 2.24) is 0 Å². The van der Waals surface area contributed by atoms with Gasteiger partial charge in [-0.05, 0) is 24.3 Å². The maximum absolute atomic E-state index is 13.0. The number of nitro groups is 1. The molecule has 0 fully saturated rings. The Morgan fingerprint density at radius 1 is 1.25 bits per heavy atom. The summed E-state index contributed by atoms with van der Waals surface area (Å²) >= 11 is 5.82. The second kappa shape index (κ2) is 5.66. The van der Waals surface area contributed by atoms with Gasteiger partial charge in [0, 0.05) is 11.8 Å². The quantitative estimate of drug-likeness (QED) is 0.694. The Morgan fingerprint density at radius 2 is 1.95 bits per heavy atom. The van der Waals surface area contributed by atoms with E-state index in [-0.39, 0.29) is 22.0 Å². The van der Waals surface area contributed by atoms with Gasteiger partial charge >= 0.3 is 0 Å². The molecule has 0 saturated carbocycles. The van der Waals surface area contributed by atoms with Crippen LogP contribution >= 0.6 is 11.6 Å². The smallest absolute Gasteiger partial charge is 0.288 e. The van der Waals surface area contributed by atoms with Gasteiger partial charge in [-0.1, -0.05) is 23.7 Å². The number of carbonyl (C=O) groups is 1. The van der Waals surface area contributed by atoms with Crippen LogP contribution < -0.4 is 5.32 Å². The number of rotatable bonds is 3. The number of nitro benzene ring substituents is 1. The summed E-state index contributed by atoms with van der Waals surface area (Å²) in [7, 11) is 0. The Labute approximate surface area is 118 Å². The Balaban J connectivity index is 2.30. The second-order valence-electron chi connectivity index (χ2n) is 3.86. The average molecular weight is 295 g/mol. The molecule has 0 heterocycles. The summed E-state index contributed by atoms with van der Waals surface area (Å²) in [5.74, 6) is -1.16. The van der Waals surface area contributed by atoms with Gasteiger partial charge in [-0.3, -0.25) is 14.9 Å². The maximum atomic E-state index is 13.0. The number of nitrogens with one attached hydrogen (secondary N) is 1. The second-order valence-corrected chi connectivity index (χ2v) is 4.24. The van der Waals surface area contributed by atoms with Gasteiger partial charge in [0.1, 0.15) is 10.8 Å². The predicted octanol–water partition coefficient (Wildman–Crippen LogP) is 3.64. The first-order valence-corrected chi connectivity index (χ1v) is 5.86. The number of halogens is 2. The van der Waals surface area contributed by atoms with Crippen molar-refractivity contribution in [2.45, 2.75) is 0 Å². The molecule has 0 aliphatic carbocycles. The summed E-state index contributed by atoms with van der Waals surface area (Å²) in [6.07, 6.45) is 0. The number of hydrogen-bond donors (Lipinski definition) is 1. The van der Waals surface area contributed by atoms with Crippen LogP contribution in [0, 0.1) is 15.9 Å². The highest BCUT2D eigenvalue weighted by Gasteiger charge is 2.19. The molecule has 0 bridgehead atoms. The van der Waals surface area contributed by atoms with E-state index >= 15 is 0 Å². The van der Waals surface area contributed by atoms with Crippen LogP contribution in [0.2, 0.25) is 5.02 Å². The largest absolute Gasteiger partial charge is 0.322 e. The molecule has 0 saturated heterocycles. The van der Waals surface area contributed by atoms with Gasteiger partial charge in [-0.2, -0.15) is 0 Å². The van der Waals surface area contributed by atoms with Gasteiger partial charge < -0.3 is 5.32 Å². The number of benzene rings is 2. The van der Waals surface area contributed by atoms with Crippen molar-refractivity contribution < 1.29 is 14.1 Å². The SMILES string of the molecule is O=C(Nc1cccc(F)c1)c1cccc([N+](=O)[O-])c1Cl. The molecule has 102 valence electrons. The highest BCUT2D eigenvalue weighted by Crippen LogP contribution is 2.28. The van der Waals surface area contributed by atoms with E-state index < -0.39 is 16.6 Å². The van der Waals surface area contributed by atoms with Crippen LogP contribution in [0.1, 0.15) is 10.4 Å². The first-order chi connectivity index (χ1) is 9.49. The van der Waals surface area contributed by atoms with Crippen LogP contribution in [0.3, 0.4) is 0 Å². The summed E-state index contributed by atoms with van der Waals surface area (Å²) in [5, 5.41) is 12.9. The van der Waals surface area contributed by atoms with Crippen LogP contribution in [-0.2, 0) is 0 Å². The molecule has 2 rings (SSSR count). The molecule has 2 aromatic carbocycles. The van der Waals surface area contributed by atoms with Crippen molar-refractivity contribution in [2.24, 2.45) is 0 Å². The Bertz CT molecular complexity index is 691. The maximum Gasteiger partial charge on any atom is 0.288 e. The van der Waals surface area contributed by atoms with Crippen LogP contribution in [0.5, 0.6) is 0 Å². The lowest BCUT2D eigenvalue weighted by Gasteiger charge is -2.07. The highest BCUT2D eigenvalue weighted by molar-refractivity contribution is 6.36. The van der Waals surface area contributed by atoms with Gasteiger partial charge in [0.15, 0.2) is 0 Å². The molecule has 20 heavy (non-hydrogen) atoms. The van der Waals surface area contributed by atoms with Crippen molar-refractivity contribution in [3.63, 3.8) is 0 Å². The zero-order valence-electron chi connectivity index (χ0n) is 9.97. The van der Waals surface area contributed by atoms with Gasteiger partial charge in [-0.25, -0.2) is 4.39 Å². The van der Waals surface area contributed by atoms with Crippen molar-refractivity contribution in [2.75, 3.05) is 5.32 Å².